The molecule has 0 spiro atoms. The highest BCUT2D eigenvalue weighted by Gasteiger charge is 2.21. The Hall–Kier alpha value is -2.80. The third kappa shape index (κ3) is 4.92. The highest BCUT2D eigenvalue weighted by atomic mass is 32.1. The number of anilines is 1. The van der Waals surface area contributed by atoms with E-state index in [1.54, 1.807) is 30.3 Å². The van der Waals surface area contributed by atoms with E-state index in [1.165, 1.54) is 18.2 Å². The van der Waals surface area contributed by atoms with Crippen molar-refractivity contribution in [3.05, 3.63) is 65.5 Å². The first-order valence-corrected chi connectivity index (χ1v) is 9.61. The van der Waals surface area contributed by atoms with E-state index < -0.39 is 11.7 Å². The molecule has 1 aliphatic heterocycles. The van der Waals surface area contributed by atoms with E-state index in [-0.39, 0.29) is 16.6 Å². The Labute approximate surface area is 168 Å². The van der Waals surface area contributed by atoms with Crippen LogP contribution in [0.2, 0.25) is 0 Å². The quantitative estimate of drug-likeness (QED) is 0.771. The summed E-state index contributed by atoms with van der Waals surface area (Å²) in [7, 11) is 0. The average Bonchev–Trinajstić information content (AvgIpc) is 2.69. The van der Waals surface area contributed by atoms with Gasteiger partial charge in [0.2, 0.25) is 0 Å². The minimum Gasteiger partial charge on any atom is -0.339 e. The van der Waals surface area contributed by atoms with E-state index in [4.69, 9.17) is 12.2 Å². The van der Waals surface area contributed by atoms with Crippen molar-refractivity contribution in [2.45, 2.75) is 19.8 Å². The van der Waals surface area contributed by atoms with Gasteiger partial charge in [-0.15, -0.1) is 0 Å². The zero-order valence-electron chi connectivity index (χ0n) is 15.6. The second kappa shape index (κ2) is 8.93. The van der Waals surface area contributed by atoms with Crippen molar-refractivity contribution in [2.24, 2.45) is 5.92 Å². The summed E-state index contributed by atoms with van der Waals surface area (Å²) in [5.74, 6) is -0.551. The molecule has 2 amide bonds. The number of benzene rings is 2. The highest BCUT2D eigenvalue weighted by molar-refractivity contribution is 7.80. The Morgan fingerprint density at radius 2 is 1.71 bits per heavy atom. The largest absolute Gasteiger partial charge is 0.339 e. The van der Waals surface area contributed by atoms with Gasteiger partial charge in [-0.05, 0) is 67.4 Å². The summed E-state index contributed by atoms with van der Waals surface area (Å²) in [5, 5.41) is 5.36. The molecule has 1 aliphatic rings. The number of carbonyl (C=O) groups excluding carboxylic acids is 2. The van der Waals surface area contributed by atoms with Crippen LogP contribution in [-0.2, 0) is 0 Å². The molecule has 7 heteroatoms. The van der Waals surface area contributed by atoms with Gasteiger partial charge in [0.1, 0.15) is 5.82 Å². The lowest BCUT2D eigenvalue weighted by atomic mass is 9.98. The zero-order chi connectivity index (χ0) is 20.1. The molecule has 3 rings (SSSR count). The Morgan fingerprint density at radius 3 is 2.36 bits per heavy atom. The molecular weight excluding hydrogens is 377 g/mol. The molecule has 2 aromatic carbocycles. The van der Waals surface area contributed by atoms with Crippen LogP contribution in [0.3, 0.4) is 0 Å². The molecule has 0 radical (unpaired) electrons. The molecule has 0 unspecified atom stereocenters. The maximum atomic E-state index is 13.7. The average molecular weight is 399 g/mol. The number of carbonyl (C=O) groups is 2. The van der Waals surface area contributed by atoms with Crippen molar-refractivity contribution in [2.75, 3.05) is 18.4 Å². The number of rotatable bonds is 3. The number of piperidine rings is 1. The molecule has 2 aromatic rings. The number of thiocarbonyl (C=S) groups is 1. The first-order chi connectivity index (χ1) is 13.4. The minimum atomic E-state index is -0.623. The first kappa shape index (κ1) is 19.9. The number of hydrogen-bond donors (Lipinski definition) is 2. The van der Waals surface area contributed by atoms with E-state index in [1.807, 2.05) is 4.90 Å². The lowest BCUT2D eigenvalue weighted by molar-refractivity contribution is 0.0697. The number of likely N-dealkylation sites (tertiary alicyclic amines) is 1. The number of nitrogens with zero attached hydrogens (tertiary/aromatic N) is 1. The van der Waals surface area contributed by atoms with Crippen molar-refractivity contribution in [3.63, 3.8) is 0 Å². The van der Waals surface area contributed by atoms with Gasteiger partial charge in [0.15, 0.2) is 5.11 Å². The van der Waals surface area contributed by atoms with Gasteiger partial charge < -0.3 is 10.2 Å². The molecule has 146 valence electrons. The van der Waals surface area contributed by atoms with Crippen LogP contribution >= 0.6 is 12.2 Å². The number of amides is 2. The predicted octanol–water partition coefficient (Wildman–Crippen LogP) is 3.82. The minimum absolute atomic E-state index is 0.0221. The summed E-state index contributed by atoms with van der Waals surface area (Å²) in [5.41, 5.74) is 1.16. The van der Waals surface area contributed by atoms with Gasteiger partial charge in [-0.2, -0.15) is 0 Å². The maximum Gasteiger partial charge on any atom is 0.260 e. The van der Waals surface area contributed by atoms with Crippen LogP contribution in [-0.4, -0.2) is 34.9 Å². The third-order valence-electron chi connectivity index (χ3n) is 4.81. The fourth-order valence-corrected chi connectivity index (χ4v) is 3.28. The van der Waals surface area contributed by atoms with Crippen molar-refractivity contribution in [1.82, 2.24) is 10.2 Å². The molecule has 0 bridgehead atoms. The predicted molar refractivity (Wildman–Crippen MR) is 111 cm³/mol. The fourth-order valence-electron chi connectivity index (χ4n) is 3.07. The second-order valence-corrected chi connectivity index (χ2v) is 7.35. The Morgan fingerprint density at radius 1 is 1.07 bits per heavy atom. The van der Waals surface area contributed by atoms with Crippen LogP contribution in [0.25, 0.3) is 0 Å². The second-order valence-electron chi connectivity index (χ2n) is 6.94. The molecule has 5 nitrogen and oxygen atoms in total. The Kier molecular flexibility index (Phi) is 6.36. The van der Waals surface area contributed by atoms with Gasteiger partial charge in [0.25, 0.3) is 11.8 Å². The van der Waals surface area contributed by atoms with Crippen molar-refractivity contribution >= 4 is 34.8 Å². The van der Waals surface area contributed by atoms with Gasteiger partial charge in [-0.3, -0.25) is 14.9 Å². The zero-order valence-corrected chi connectivity index (χ0v) is 16.4. The van der Waals surface area contributed by atoms with E-state index in [9.17, 15) is 14.0 Å². The lowest BCUT2D eigenvalue weighted by Crippen LogP contribution is -2.37. The van der Waals surface area contributed by atoms with E-state index >= 15 is 0 Å². The summed E-state index contributed by atoms with van der Waals surface area (Å²) >= 11 is 5.11. The SMILES string of the molecule is CC1CCN(C(=O)c2ccc(NC(=S)NC(=O)c3ccccc3F)cc2)CC1. The maximum absolute atomic E-state index is 13.7. The number of halogens is 1. The Bertz CT molecular complexity index is 877. The molecule has 0 aromatic heterocycles. The molecule has 28 heavy (non-hydrogen) atoms. The first-order valence-electron chi connectivity index (χ1n) is 9.20. The third-order valence-corrected chi connectivity index (χ3v) is 5.01. The van der Waals surface area contributed by atoms with Gasteiger partial charge in [0.05, 0.1) is 5.56 Å². The summed E-state index contributed by atoms with van der Waals surface area (Å²) in [6.07, 6.45) is 2.06. The summed E-state index contributed by atoms with van der Waals surface area (Å²) in [4.78, 5) is 26.5. The van der Waals surface area contributed by atoms with Gasteiger partial charge in [-0.1, -0.05) is 19.1 Å². The standard InChI is InChI=1S/C21H22FN3O2S/c1-14-10-12-25(13-11-14)20(27)15-6-8-16(9-7-15)23-21(28)24-19(26)17-4-2-3-5-18(17)22/h2-9,14H,10-13H2,1H3,(H2,23,24,26,28). The molecule has 2 N–H and O–H groups in total. The smallest absolute Gasteiger partial charge is 0.260 e. The monoisotopic (exact) mass is 399 g/mol. The number of hydrogen-bond acceptors (Lipinski definition) is 3. The topological polar surface area (TPSA) is 61.4 Å². The Balaban J connectivity index is 1.56. The van der Waals surface area contributed by atoms with Gasteiger partial charge >= 0.3 is 0 Å². The van der Waals surface area contributed by atoms with Crippen LogP contribution in [0.4, 0.5) is 10.1 Å². The van der Waals surface area contributed by atoms with Gasteiger partial charge in [0, 0.05) is 24.3 Å². The summed E-state index contributed by atoms with van der Waals surface area (Å²) in [6, 6.07) is 12.6. The summed E-state index contributed by atoms with van der Waals surface area (Å²) < 4.78 is 13.7. The van der Waals surface area contributed by atoms with Crippen molar-refractivity contribution in [3.8, 4) is 0 Å². The molecule has 1 heterocycles. The number of nitrogens with one attached hydrogen (secondary N) is 2. The molecule has 0 aliphatic carbocycles. The van der Waals surface area contributed by atoms with Crippen LogP contribution < -0.4 is 10.6 Å². The van der Waals surface area contributed by atoms with Crippen LogP contribution in [0.15, 0.2) is 48.5 Å². The van der Waals surface area contributed by atoms with Crippen LogP contribution in [0.5, 0.6) is 0 Å². The molecule has 0 saturated carbocycles. The highest BCUT2D eigenvalue weighted by Crippen LogP contribution is 2.19. The molecule has 1 saturated heterocycles. The van der Waals surface area contributed by atoms with E-state index in [0.29, 0.717) is 17.2 Å². The van der Waals surface area contributed by atoms with Crippen LogP contribution in [0, 0.1) is 11.7 Å². The van der Waals surface area contributed by atoms with Gasteiger partial charge in [-0.25, -0.2) is 4.39 Å². The van der Waals surface area contributed by atoms with E-state index in [2.05, 4.69) is 17.6 Å². The van der Waals surface area contributed by atoms with E-state index in [0.717, 1.165) is 25.9 Å². The fraction of sp³-hybridized carbons (Fsp3) is 0.286. The normalized spacial score (nSPS) is 14.4. The van der Waals surface area contributed by atoms with Crippen molar-refractivity contribution < 1.29 is 14.0 Å². The molecular formula is C21H22FN3O2S. The molecule has 0 atom stereocenters. The molecule has 1 fully saturated rings. The summed E-state index contributed by atoms with van der Waals surface area (Å²) in [6.45, 7) is 3.77. The van der Waals surface area contributed by atoms with Crippen LogP contribution in [0.1, 0.15) is 40.5 Å². The van der Waals surface area contributed by atoms with Crippen molar-refractivity contribution in [1.29, 1.82) is 0 Å². The lowest BCUT2D eigenvalue weighted by Gasteiger charge is -2.30.